The quantitative estimate of drug-likeness (QED) is 0.696. The van der Waals surface area contributed by atoms with E-state index in [1.807, 2.05) is 0 Å². The monoisotopic (exact) mass is 170 g/mol. The minimum Gasteiger partial charge on any atom is -0.372 e. The number of hydrogen-bond acceptors (Lipinski definition) is 2. The zero-order valence-electron chi connectivity index (χ0n) is 8.23. The highest BCUT2D eigenvalue weighted by Crippen LogP contribution is 2.16. The maximum absolute atomic E-state index is 5.67. The van der Waals surface area contributed by atoms with Crippen LogP contribution in [0.2, 0.25) is 0 Å². The van der Waals surface area contributed by atoms with Gasteiger partial charge in [0.15, 0.2) is 0 Å². The normalized spacial score (nSPS) is 20.2. The van der Waals surface area contributed by atoms with Gasteiger partial charge in [0.2, 0.25) is 0 Å². The molecule has 1 aliphatic rings. The molecule has 0 aromatic rings. The topological polar surface area (TPSA) is 21.3 Å². The minimum atomic E-state index is 0.757. The molecule has 0 spiro atoms. The van der Waals surface area contributed by atoms with Crippen LogP contribution < -0.4 is 5.32 Å². The zero-order valence-corrected chi connectivity index (χ0v) is 8.23. The predicted molar refractivity (Wildman–Crippen MR) is 50.8 cm³/mol. The maximum atomic E-state index is 5.67. The lowest BCUT2D eigenvalue weighted by atomic mass is 10.1. The Morgan fingerprint density at radius 2 is 2.00 bits per heavy atom. The van der Waals surface area contributed by atoms with Crippen LogP contribution in [0.15, 0.2) is 0 Å². The van der Waals surface area contributed by atoms with Gasteiger partial charge in [0, 0.05) is 6.61 Å². The van der Waals surface area contributed by atoms with Gasteiger partial charge in [0.05, 0.1) is 6.10 Å². The fourth-order valence-electron chi connectivity index (χ4n) is 1.29. The molecule has 0 saturated carbocycles. The molecule has 0 aromatic carbocycles. The van der Waals surface area contributed by atoms with Gasteiger partial charge in [0.1, 0.15) is 0 Å². The molecule has 71 valence electrons. The molecule has 2 heteroatoms. The van der Waals surface area contributed by atoms with Gasteiger partial charge >= 0.3 is 0 Å². The first kappa shape index (κ1) is 10.0. The number of rotatable bonds is 4. The van der Waals surface area contributed by atoms with E-state index in [2.05, 4.69) is 19.2 Å². The predicted octanol–water partition coefficient (Wildman–Crippen LogP) is 1.96. The van der Waals surface area contributed by atoms with E-state index >= 15 is 0 Å². The average molecular weight is 170 g/mol. The smallest absolute Gasteiger partial charge is 0.0995 e. The van der Waals surface area contributed by atoms with Crippen molar-refractivity contribution in [3.05, 3.63) is 6.10 Å². The van der Waals surface area contributed by atoms with E-state index in [-0.39, 0.29) is 0 Å². The van der Waals surface area contributed by atoms with Crippen molar-refractivity contribution in [1.82, 2.24) is 5.32 Å². The third-order valence-electron chi connectivity index (χ3n) is 2.16. The summed E-state index contributed by atoms with van der Waals surface area (Å²) in [5, 5.41) is 3.31. The summed E-state index contributed by atoms with van der Waals surface area (Å²) in [6.07, 6.45) is 4.70. The van der Waals surface area contributed by atoms with E-state index in [0.717, 1.165) is 38.5 Å². The van der Waals surface area contributed by atoms with Gasteiger partial charge in [-0.1, -0.05) is 13.8 Å². The second-order valence-electron chi connectivity index (χ2n) is 3.82. The third-order valence-corrected chi connectivity index (χ3v) is 2.16. The molecule has 2 nitrogen and oxygen atoms in total. The van der Waals surface area contributed by atoms with Crippen molar-refractivity contribution in [3.63, 3.8) is 0 Å². The van der Waals surface area contributed by atoms with Crippen LogP contribution in [0.3, 0.4) is 0 Å². The van der Waals surface area contributed by atoms with E-state index in [4.69, 9.17) is 4.74 Å². The number of piperidine rings is 1. The number of ether oxygens (including phenoxy) is 1. The standard InChI is InChI=1S/C10H20NO/c1-9(2)5-8-12-10-3-6-11-7-4-10/h9,11H,3-8H2,1-2H3. The van der Waals surface area contributed by atoms with Crippen molar-refractivity contribution >= 4 is 0 Å². The van der Waals surface area contributed by atoms with Gasteiger partial charge in [-0.05, 0) is 38.3 Å². The van der Waals surface area contributed by atoms with E-state index in [1.54, 1.807) is 0 Å². The molecule has 1 radical (unpaired) electrons. The molecule has 0 aromatic heterocycles. The largest absolute Gasteiger partial charge is 0.372 e. The molecule has 0 bridgehead atoms. The summed E-state index contributed by atoms with van der Waals surface area (Å²) in [7, 11) is 0. The van der Waals surface area contributed by atoms with Crippen molar-refractivity contribution in [1.29, 1.82) is 0 Å². The van der Waals surface area contributed by atoms with Crippen LogP contribution in [-0.2, 0) is 4.74 Å². The highest BCUT2D eigenvalue weighted by atomic mass is 16.5. The molecule has 0 atom stereocenters. The van der Waals surface area contributed by atoms with Gasteiger partial charge in [-0.25, -0.2) is 0 Å². The summed E-state index contributed by atoms with van der Waals surface area (Å²) in [5.41, 5.74) is 0. The van der Waals surface area contributed by atoms with E-state index < -0.39 is 0 Å². The molecular weight excluding hydrogens is 150 g/mol. The third kappa shape index (κ3) is 4.07. The van der Waals surface area contributed by atoms with Crippen molar-refractivity contribution in [3.8, 4) is 0 Å². The Balaban J connectivity index is 1.98. The second-order valence-corrected chi connectivity index (χ2v) is 3.82. The van der Waals surface area contributed by atoms with Crippen molar-refractivity contribution < 1.29 is 4.74 Å². The number of hydrogen-bond donors (Lipinski definition) is 1. The Morgan fingerprint density at radius 1 is 1.33 bits per heavy atom. The first-order chi connectivity index (χ1) is 5.79. The summed E-state index contributed by atoms with van der Waals surface area (Å²) in [4.78, 5) is 0. The van der Waals surface area contributed by atoms with Crippen LogP contribution in [0.1, 0.15) is 33.1 Å². The molecule has 1 saturated heterocycles. The molecule has 0 unspecified atom stereocenters. The summed E-state index contributed by atoms with van der Waals surface area (Å²) in [6, 6.07) is 0. The van der Waals surface area contributed by atoms with Gasteiger partial charge < -0.3 is 10.1 Å². The number of nitrogens with one attached hydrogen (secondary N) is 1. The van der Waals surface area contributed by atoms with Crippen LogP contribution in [0.5, 0.6) is 0 Å². The van der Waals surface area contributed by atoms with Gasteiger partial charge in [-0.15, -0.1) is 0 Å². The highest BCUT2D eigenvalue weighted by Gasteiger charge is 2.13. The molecule has 1 rings (SSSR count). The van der Waals surface area contributed by atoms with E-state index in [1.165, 1.54) is 12.5 Å². The lowest BCUT2D eigenvalue weighted by Crippen LogP contribution is -2.28. The molecular formula is C10H20NO. The summed E-state index contributed by atoms with van der Waals surface area (Å²) in [5.74, 6) is 0.757. The van der Waals surface area contributed by atoms with Crippen LogP contribution in [0, 0.1) is 12.0 Å². The highest BCUT2D eigenvalue weighted by molar-refractivity contribution is 4.84. The Hall–Kier alpha value is -0.0800. The maximum Gasteiger partial charge on any atom is 0.0995 e. The summed E-state index contributed by atoms with van der Waals surface area (Å²) >= 11 is 0. The summed E-state index contributed by atoms with van der Waals surface area (Å²) in [6.45, 7) is 7.56. The lowest BCUT2D eigenvalue weighted by Gasteiger charge is -2.22. The Bertz CT molecular complexity index is 108. The van der Waals surface area contributed by atoms with Gasteiger partial charge in [0.25, 0.3) is 0 Å². The van der Waals surface area contributed by atoms with Crippen molar-refractivity contribution in [2.75, 3.05) is 19.7 Å². The molecule has 1 aliphatic heterocycles. The van der Waals surface area contributed by atoms with Crippen LogP contribution in [-0.4, -0.2) is 19.7 Å². The van der Waals surface area contributed by atoms with E-state index in [9.17, 15) is 0 Å². The minimum absolute atomic E-state index is 0.757. The second kappa shape index (κ2) is 5.55. The molecule has 0 aliphatic carbocycles. The molecule has 1 fully saturated rings. The fraction of sp³-hybridized carbons (Fsp3) is 0.900. The molecule has 0 amide bonds. The fourth-order valence-corrected chi connectivity index (χ4v) is 1.29. The molecule has 1 N–H and O–H groups in total. The Labute approximate surface area is 75.7 Å². The zero-order chi connectivity index (χ0) is 8.81. The van der Waals surface area contributed by atoms with Crippen LogP contribution in [0.25, 0.3) is 0 Å². The van der Waals surface area contributed by atoms with Crippen molar-refractivity contribution in [2.24, 2.45) is 5.92 Å². The SMILES string of the molecule is CC(C)CCO[C]1CCNCC1. The summed E-state index contributed by atoms with van der Waals surface area (Å²) < 4.78 is 5.67. The lowest BCUT2D eigenvalue weighted by molar-refractivity contribution is 0.108. The Morgan fingerprint density at radius 3 is 2.58 bits per heavy atom. The molecule has 12 heavy (non-hydrogen) atoms. The first-order valence-corrected chi connectivity index (χ1v) is 4.97. The first-order valence-electron chi connectivity index (χ1n) is 4.97. The van der Waals surface area contributed by atoms with Crippen LogP contribution in [0.4, 0.5) is 0 Å². The Kier molecular flexibility index (Phi) is 4.62. The average Bonchev–Trinajstić information content (AvgIpc) is 2.05. The van der Waals surface area contributed by atoms with E-state index in [0.29, 0.717) is 0 Å². The van der Waals surface area contributed by atoms with Crippen molar-refractivity contribution in [2.45, 2.75) is 33.1 Å². The van der Waals surface area contributed by atoms with Gasteiger partial charge in [-0.2, -0.15) is 0 Å². The molecule has 1 heterocycles. The van der Waals surface area contributed by atoms with Gasteiger partial charge in [-0.3, -0.25) is 0 Å². The van der Waals surface area contributed by atoms with Crippen LogP contribution >= 0.6 is 0 Å².